The molecule has 0 radical (unpaired) electrons. The molecule has 132 valence electrons. The highest BCUT2D eigenvalue weighted by atomic mass is 19.1. The minimum Gasteiger partial charge on any atom is -0.366 e. The van der Waals surface area contributed by atoms with Crippen LogP contribution >= 0.6 is 0 Å². The van der Waals surface area contributed by atoms with E-state index in [9.17, 15) is 9.18 Å². The van der Waals surface area contributed by atoms with Crippen LogP contribution in [0.4, 0.5) is 4.39 Å². The Bertz CT molecular complexity index is 977. The number of carbonyl (C=O) groups excluding carboxylic acids is 1. The van der Waals surface area contributed by atoms with E-state index in [0.29, 0.717) is 5.69 Å². The molecule has 0 bridgehead atoms. The highest BCUT2D eigenvalue weighted by Gasteiger charge is 2.28. The maximum atomic E-state index is 14.8. The summed E-state index contributed by atoms with van der Waals surface area (Å²) < 4.78 is 16.1. The molecule has 5 nitrogen and oxygen atoms in total. The second-order valence-electron chi connectivity index (χ2n) is 7.16. The number of primary amides is 1. The molecule has 0 aliphatic carbocycles. The fourth-order valence-electron chi connectivity index (χ4n) is 3.75. The molecule has 2 heterocycles. The predicted octanol–water partition coefficient (Wildman–Crippen LogP) is 1.48. The number of hydrogen-bond donors (Lipinski definition) is 2. The number of nitrogens with two attached hydrogens (primary N) is 1. The molecule has 1 atom stereocenters. The summed E-state index contributed by atoms with van der Waals surface area (Å²) >= 11 is 0. The number of nitrogens with zero attached hydrogens (tertiary/aromatic N) is 2. The average Bonchev–Trinajstić information content (AvgIpc) is 2.99. The zero-order chi connectivity index (χ0) is 18.3. The Morgan fingerprint density at radius 1 is 1.27 bits per heavy atom. The summed E-state index contributed by atoms with van der Waals surface area (Å²) in [4.78, 5) is 11.6. The summed E-state index contributed by atoms with van der Waals surface area (Å²) in [5, 5.41) is 8.11. The minimum atomic E-state index is -0.617. The van der Waals surface area contributed by atoms with Gasteiger partial charge >= 0.3 is 0 Å². The number of carbonyl (C=O) groups is 1. The molecule has 1 aliphatic rings. The first-order valence-corrected chi connectivity index (χ1v) is 8.78. The van der Waals surface area contributed by atoms with Crippen molar-refractivity contribution >= 4 is 24.7 Å². The third-order valence-electron chi connectivity index (χ3n) is 5.32. The molecule has 1 aromatic heterocycles. The van der Waals surface area contributed by atoms with E-state index in [1.165, 1.54) is 10.2 Å². The lowest BCUT2D eigenvalue weighted by Gasteiger charge is -2.35. The molecule has 2 aromatic carbocycles. The lowest BCUT2D eigenvalue weighted by Crippen LogP contribution is -2.43. The third-order valence-corrected chi connectivity index (χ3v) is 5.32. The van der Waals surface area contributed by atoms with Crippen LogP contribution in [0.25, 0.3) is 16.6 Å². The number of rotatable bonds is 3. The molecule has 1 aliphatic heterocycles. The molecule has 0 saturated carbocycles. The van der Waals surface area contributed by atoms with Gasteiger partial charge in [0.05, 0.1) is 16.6 Å². The number of nitrogens with one attached hydrogen (secondary N) is 1. The van der Waals surface area contributed by atoms with Crippen LogP contribution in [0.5, 0.6) is 0 Å². The van der Waals surface area contributed by atoms with Crippen LogP contribution in [0.15, 0.2) is 42.5 Å². The summed E-state index contributed by atoms with van der Waals surface area (Å²) in [7, 11) is 2.25. The van der Waals surface area contributed by atoms with E-state index in [0.717, 1.165) is 25.9 Å². The zero-order valence-electron chi connectivity index (χ0n) is 14.6. The Balaban J connectivity index is 1.75. The second kappa shape index (κ2) is 6.25. The third kappa shape index (κ3) is 2.68. The summed E-state index contributed by atoms with van der Waals surface area (Å²) in [6.07, 6.45) is 2.27. The van der Waals surface area contributed by atoms with Gasteiger partial charge in [-0.05, 0) is 61.1 Å². The van der Waals surface area contributed by atoms with Crippen molar-refractivity contribution in [2.24, 2.45) is 5.73 Å². The summed E-state index contributed by atoms with van der Waals surface area (Å²) in [5.41, 5.74) is 7.72. The molecule has 0 spiro atoms. The van der Waals surface area contributed by atoms with E-state index in [4.69, 9.17) is 5.73 Å². The van der Waals surface area contributed by atoms with E-state index in [-0.39, 0.29) is 21.8 Å². The van der Waals surface area contributed by atoms with Gasteiger partial charge < -0.3 is 11.1 Å². The fraction of sp³-hybridized carbons (Fsp3) is 0.263. The van der Waals surface area contributed by atoms with Gasteiger partial charge in [0.2, 0.25) is 5.95 Å². The van der Waals surface area contributed by atoms with E-state index >= 15 is 0 Å². The standard InChI is InChI=1S/C19H20BFN4O/c20-19(9-2-10-23-11-19)12-5-7-13(8-6-12)25-17(21)14-3-1-4-15(18(22)26)16(14)24-25/h1,3-8,23H,2,9-11,20H2,(H2,22,26)/t19-/m1/s1. The highest BCUT2D eigenvalue weighted by molar-refractivity contribution is 6.16. The monoisotopic (exact) mass is 350 g/mol. The summed E-state index contributed by atoms with van der Waals surface area (Å²) in [6, 6.07) is 12.6. The van der Waals surface area contributed by atoms with E-state index in [1.807, 2.05) is 24.3 Å². The number of halogens is 1. The van der Waals surface area contributed by atoms with Crippen LogP contribution in [0.1, 0.15) is 28.8 Å². The Morgan fingerprint density at radius 2 is 2.04 bits per heavy atom. The number of piperidine rings is 1. The van der Waals surface area contributed by atoms with Gasteiger partial charge in [0, 0.05) is 0 Å². The maximum Gasteiger partial charge on any atom is 0.250 e. The van der Waals surface area contributed by atoms with E-state index in [1.54, 1.807) is 18.2 Å². The van der Waals surface area contributed by atoms with Gasteiger partial charge in [0.1, 0.15) is 13.4 Å². The van der Waals surface area contributed by atoms with Crippen LogP contribution in [0, 0.1) is 5.95 Å². The van der Waals surface area contributed by atoms with E-state index < -0.39 is 11.9 Å². The van der Waals surface area contributed by atoms with Gasteiger partial charge in [-0.25, -0.2) is 4.68 Å². The van der Waals surface area contributed by atoms with Crippen molar-refractivity contribution in [2.45, 2.75) is 18.2 Å². The smallest absolute Gasteiger partial charge is 0.250 e. The first-order chi connectivity index (χ1) is 12.5. The van der Waals surface area contributed by atoms with E-state index in [2.05, 4.69) is 18.3 Å². The zero-order valence-corrected chi connectivity index (χ0v) is 14.6. The first kappa shape index (κ1) is 16.8. The number of benzene rings is 2. The molecule has 0 unspecified atom stereocenters. The van der Waals surface area contributed by atoms with Crippen LogP contribution in [0.3, 0.4) is 0 Å². The van der Waals surface area contributed by atoms with Crippen molar-refractivity contribution in [2.75, 3.05) is 13.1 Å². The lowest BCUT2D eigenvalue weighted by atomic mass is 9.60. The fourth-order valence-corrected chi connectivity index (χ4v) is 3.75. The molecule has 1 saturated heterocycles. The molecule has 1 fully saturated rings. The quantitative estimate of drug-likeness (QED) is 0.703. The Morgan fingerprint density at radius 3 is 2.69 bits per heavy atom. The lowest BCUT2D eigenvalue weighted by molar-refractivity contribution is 0.100. The van der Waals surface area contributed by atoms with Gasteiger partial charge in [-0.1, -0.05) is 18.2 Å². The maximum absolute atomic E-state index is 14.8. The Labute approximate surface area is 151 Å². The summed E-state index contributed by atoms with van der Waals surface area (Å²) in [5.74, 6) is -1.12. The van der Waals surface area contributed by atoms with Gasteiger partial charge in [-0.2, -0.15) is 9.49 Å². The van der Waals surface area contributed by atoms with Gasteiger partial charge in [-0.3, -0.25) is 4.79 Å². The number of amides is 1. The molecule has 1 amide bonds. The molecule has 26 heavy (non-hydrogen) atoms. The average molecular weight is 350 g/mol. The second-order valence-corrected chi connectivity index (χ2v) is 7.16. The van der Waals surface area contributed by atoms with Crippen molar-refractivity contribution < 1.29 is 9.18 Å². The van der Waals surface area contributed by atoms with Crippen molar-refractivity contribution in [1.29, 1.82) is 0 Å². The highest BCUT2D eigenvalue weighted by Crippen LogP contribution is 2.29. The topological polar surface area (TPSA) is 72.9 Å². The van der Waals surface area contributed by atoms with Crippen molar-refractivity contribution in [3.05, 3.63) is 59.5 Å². The normalized spacial score (nSPS) is 20.3. The van der Waals surface area contributed by atoms with Gasteiger partial charge in [-0.15, -0.1) is 0 Å². The molecule has 4 rings (SSSR count). The van der Waals surface area contributed by atoms with Crippen LogP contribution in [-0.4, -0.2) is 36.6 Å². The Hall–Kier alpha value is -2.67. The van der Waals surface area contributed by atoms with Crippen LogP contribution < -0.4 is 11.1 Å². The minimum absolute atomic E-state index is 0.0866. The van der Waals surface area contributed by atoms with Crippen LogP contribution in [0.2, 0.25) is 0 Å². The molecule has 3 N–H and O–H groups in total. The Kier molecular flexibility index (Phi) is 4.03. The van der Waals surface area contributed by atoms with Crippen molar-refractivity contribution in [1.82, 2.24) is 15.1 Å². The van der Waals surface area contributed by atoms with Gasteiger partial charge in [0.25, 0.3) is 5.91 Å². The van der Waals surface area contributed by atoms with Crippen LogP contribution in [-0.2, 0) is 5.31 Å². The van der Waals surface area contributed by atoms with Crippen molar-refractivity contribution in [3.63, 3.8) is 0 Å². The molecular weight excluding hydrogens is 330 g/mol. The SMILES string of the molecule is B[C@]1(c2ccc(-n3nc4c(C(N)=O)cccc4c3F)cc2)CCCNC1. The number of hydrogen-bond acceptors (Lipinski definition) is 3. The molecule has 7 heteroatoms. The predicted molar refractivity (Wildman–Crippen MR) is 102 cm³/mol. The molecule has 3 aromatic rings. The van der Waals surface area contributed by atoms with Crippen molar-refractivity contribution in [3.8, 4) is 5.69 Å². The molecular formula is C19H20BFN4O. The first-order valence-electron chi connectivity index (χ1n) is 8.78. The largest absolute Gasteiger partial charge is 0.366 e. The van der Waals surface area contributed by atoms with Gasteiger partial charge in [0.15, 0.2) is 0 Å². The number of fused-ring (bicyclic) bond motifs is 1. The number of aromatic nitrogens is 2. The summed E-state index contributed by atoms with van der Waals surface area (Å²) in [6.45, 7) is 2.00.